The highest BCUT2D eigenvalue weighted by atomic mass is 35.5. The molecule has 0 heterocycles. The number of hydrogen-bond donors (Lipinski definition) is 1. The third-order valence-electron chi connectivity index (χ3n) is 3.65. The van der Waals surface area contributed by atoms with E-state index in [0.717, 1.165) is 24.3 Å². The summed E-state index contributed by atoms with van der Waals surface area (Å²) in [6, 6.07) is 7.64. The molecule has 1 nitrogen and oxygen atoms in total. The lowest BCUT2D eigenvalue weighted by Crippen LogP contribution is -2.20. The molecule has 3 unspecified atom stereocenters. The zero-order valence-electron chi connectivity index (χ0n) is 9.70. The average molecular weight is 239 g/mol. The molecule has 1 aliphatic rings. The minimum atomic E-state index is -0.392. The average Bonchev–Trinajstić information content (AvgIpc) is 2.29. The van der Waals surface area contributed by atoms with Crippen molar-refractivity contribution in [3.63, 3.8) is 0 Å². The van der Waals surface area contributed by atoms with Crippen LogP contribution in [0.15, 0.2) is 24.3 Å². The Bertz CT molecular complexity index is 350. The lowest BCUT2D eigenvalue weighted by atomic mass is 9.78. The van der Waals surface area contributed by atoms with Crippen molar-refractivity contribution in [3.8, 4) is 0 Å². The summed E-state index contributed by atoms with van der Waals surface area (Å²) in [6.07, 6.45) is 4.37. The fraction of sp³-hybridized carbons (Fsp3) is 0.571. The predicted octanol–water partition coefficient (Wildman–Crippen LogP) is 4.20. The van der Waals surface area contributed by atoms with Crippen LogP contribution in [0.5, 0.6) is 0 Å². The van der Waals surface area contributed by atoms with E-state index in [1.807, 2.05) is 24.3 Å². The van der Waals surface area contributed by atoms with E-state index in [1.54, 1.807) is 0 Å². The van der Waals surface area contributed by atoms with Gasteiger partial charge in [0.1, 0.15) is 0 Å². The Morgan fingerprint density at radius 3 is 2.75 bits per heavy atom. The second-order valence-electron chi connectivity index (χ2n) is 5.00. The molecule has 1 aromatic rings. The molecular formula is C14H19ClO. The molecule has 3 atom stereocenters. The van der Waals surface area contributed by atoms with E-state index in [1.165, 1.54) is 12.8 Å². The lowest BCUT2D eigenvalue weighted by molar-refractivity contribution is 0.0715. The van der Waals surface area contributed by atoms with E-state index in [4.69, 9.17) is 11.6 Å². The molecule has 0 aromatic heterocycles. The van der Waals surface area contributed by atoms with Gasteiger partial charge in [-0.05, 0) is 36.3 Å². The summed E-state index contributed by atoms with van der Waals surface area (Å²) in [5.41, 5.74) is 0.892. The second-order valence-corrected chi connectivity index (χ2v) is 5.41. The van der Waals surface area contributed by atoms with E-state index in [9.17, 15) is 5.11 Å². The zero-order valence-corrected chi connectivity index (χ0v) is 10.5. The van der Waals surface area contributed by atoms with Gasteiger partial charge in [0.25, 0.3) is 0 Å². The molecule has 1 aliphatic carbocycles. The number of halogens is 1. The first-order valence-corrected chi connectivity index (χ1v) is 6.48. The van der Waals surface area contributed by atoms with Gasteiger partial charge >= 0.3 is 0 Å². The van der Waals surface area contributed by atoms with Crippen molar-refractivity contribution in [1.29, 1.82) is 0 Å². The van der Waals surface area contributed by atoms with Crippen molar-refractivity contribution >= 4 is 11.6 Å². The van der Waals surface area contributed by atoms with Crippen molar-refractivity contribution in [2.45, 2.75) is 38.7 Å². The molecular weight excluding hydrogens is 220 g/mol. The Hall–Kier alpha value is -0.530. The summed E-state index contributed by atoms with van der Waals surface area (Å²) >= 11 is 6.11. The summed E-state index contributed by atoms with van der Waals surface area (Å²) in [5.74, 6) is 1.11. The SMILES string of the molecule is CC1CCCC(C(O)c2ccccc2Cl)C1. The molecule has 2 heteroatoms. The molecule has 0 bridgehead atoms. The van der Waals surface area contributed by atoms with Gasteiger partial charge in [0.05, 0.1) is 6.10 Å². The third-order valence-corrected chi connectivity index (χ3v) is 3.99. The maximum Gasteiger partial charge on any atom is 0.0832 e. The Kier molecular flexibility index (Phi) is 3.88. The van der Waals surface area contributed by atoms with Gasteiger partial charge in [0.15, 0.2) is 0 Å². The molecule has 1 fully saturated rings. The van der Waals surface area contributed by atoms with Crippen LogP contribution in [0, 0.1) is 11.8 Å². The van der Waals surface area contributed by atoms with E-state index in [-0.39, 0.29) is 0 Å². The molecule has 1 N–H and O–H groups in total. The normalized spacial score (nSPS) is 27.7. The van der Waals surface area contributed by atoms with E-state index < -0.39 is 6.10 Å². The standard InChI is InChI=1S/C14H19ClO/c1-10-5-4-6-11(9-10)14(16)12-7-2-3-8-13(12)15/h2-3,7-8,10-11,14,16H,4-6,9H2,1H3. The summed E-state index contributed by atoms with van der Waals surface area (Å²) < 4.78 is 0. The van der Waals surface area contributed by atoms with Gasteiger partial charge in [-0.1, -0.05) is 49.6 Å². The van der Waals surface area contributed by atoms with Crippen LogP contribution in [0.3, 0.4) is 0 Å². The molecule has 1 aromatic carbocycles. The summed E-state index contributed by atoms with van der Waals surface area (Å²) in [4.78, 5) is 0. The first kappa shape index (κ1) is 11.9. The van der Waals surface area contributed by atoms with Crippen LogP contribution >= 0.6 is 11.6 Å². The summed E-state index contributed by atoms with van der Waals surface area (Å²) in [5, 5.41) is 11.0. The Labute approximate surface area is 102 Å². The van der Waals surface area contributed by atoms with Gasteiger partial charge in [-0.2, -0.15) is 0 Å². The Morgan fingerprint density at radius 2 is 2.06 bits per heavy atom. The summed E-state index contributed by atoms with van der Waals surface area (Å²) in [6.45, 7) is 2.27. The third kappa shape index (κ3) is 2.58. The molecule has 0 amide bonds. The topological polar surface area (TPSA) is 20.2 Å². The number of aliphatic hydroxyl groups excluding tert-OH is 1. The minimum absolute atomic E-state index is 0.378. The van der Waals surface area contributed by atoms with Crippen LogP contribution < -0.4 is 0 Å². The molecule has 0 radical (unpaired) electrons. The highest BCUT2D eigenvalue weighted by Gasteiger charge is 2.27. The van der Waals surface area contributed by atoms with Crippen LogP contribution in [0.2, 0.25) is 5.02 Å². The van der Waals surface area contributed by atoms with Crippen LogP contribution in [0.25, 0.3) is 0 Å². The molecule has 0 spiro atoms. The highest BCUT2D eigenvalue weighted by Crippen LogP contribution is 2.38. The van der Waals surface area contributed by atoms with Gasteiger partial charge in [-0.3, -0.25) is 0 Å². The van der Waals surface area contributed by atoms with Crippen molar-refractivity contribution in [1.82, 2.24) is 0 Å². The number of rotatable bonds is 2. The zero-order chi connectivity index (χ0) is 11.5. The van der Waals surface area contributed by atoms with Gasteiger partial charge in [-0.25, -0.2) is 0 Å². The molecule has 2 rings (SSSR count). The van der Waals surface area contributed by atoms with Crippen molar-refractivity contribution in [2.24, 2.45) is 11.8 Å². The van der Waals surface area contributed by atoms with Crippen LogP contribution in [-0.4, -0.2) is 5.11 Å². The van der Waals surface area contributed by atoms with E-state index >= 15 is 0 Å². The molecule has 1 saturated carbocycles. The smallest absolute Gasteiger partial charge is 0.0832 e. The fourth-order valence-electron chi connectivity index (χ4n) is 2.74. The van der Waals surface area contributed by atoms with Gasteiger partial charge in [0, 0.05) is 5.02 Å². The van der Waals surface area contributed by atoms with E-state index in [0.29, 0.717) is 10.9 Å². The quantitative estimate of drug-likeness (QED) is 0.819. The number of benzene rings is 1. The van der Waals surface area contributed by atoms with Gasteiger partial charge in [0.2, 0.25) is 0 Å². The second kappa shape index (κ2) is 5.20. The van der Waals surface area contributed by atoms with Crippen LogP contribution in [0.4, 0.5) is 0 Å². The number of aliphatic hydroxyl groups is 1. The lowest BCUT2D eigenvalue weighted by Gasteiger charge is -2.31. The summed E-state index contributed by atoms with van der Waals surface area (Å²) in [7, 11) is 0. The highest BCUT2D eigenvalue weighted by molar-refractivity contribution is 6.31. The van der Waals surface area contributed by atoms with Crippen molar-refractivity contribution in [2.75, 3.05) is 0 Å². The van der Waals surface area contributed by atoms with Crippen LogP contribution in [0.1, 0.15) is 44.3 Å². The predicted molar refractivity (Wildman–Crippen MR) is 67.5 cm³/mol. The largest absolute Gasteiger partial charge is 0.388 e. The fourth-order valence-corrected chi connectivity index (χ4v) is 2.98. The molecule has 88 valence electrons. The Morgan fingerprint density at radius 1 is 1.31 bits per heavy atom. The monoisotopic (exact) mass is 238 g/mol. The van der Waals surface area contributed by atoms with Crippen molar-refractivity contribution in [3.05, 3.63) is 34.9 Å². The first-order valence-electron chi connectivity index (χ1n) is 6.11. The van der Waals surface area contributed by atoms with Gasteiger partial charge in [-0.15, -0.1) is 0 Å². The first-order chi connectivity index (χ1) is 7.68. The Balaban J connectivity index is 2.12. The van der Waals surface area contributed by atoms with E-state index in [2.05, 4.69) is 6.92 Å². The van der Waals surface area contributed by atoms with Gasteiger partial charge < -0.3 is 5.11 Å². The van der Waals surface area contributed by atoms with Crippen molar-refractivity contribution < 1.29 is 5.11 Å². The molecule has 16 heavy (non-hydrogen) atoms. The molecule has 0 saturated heterocycles. The maximum absolute atomic E-state index is 10.4. The van der Waals surface area contributed by atoms with Crippen LogP contribution in [-0.2, 0) is 0 Å². The maximum atomic E-state index is 10.4. The molecule has 0 aliphatic heterocycles. The minimum Gasteiger partial charge on any atom is -0.388 e. The number of hydrogen-bond acceptors (Lipinski definition) is 1.